The third-order valence-corrected chi connectivity index (χ3v) is 12.4. The quantitative estimate of drug-likeness (QED) is 0.0938. The number of benzene rings is 2. The fourth-order valence-electron chi connectivity index (χ4n) is 9.35. The number of aryl methyl sites for hydroxylation is 1. The van der Waals surface area contributed by atoms with Crippen LogP contribution in [0.1, 0.15) is 84.0 Å². The minimum absolute atomic E-state index is 0.0429. The normalized spacial score (nSPS) is 18.1. The molecule has 3 atom stereocenters. The first-order valence-electron chi connectivity index (χ1n) is 21.9. The first-order chi connectivity index (χ1) is 28.8. The van der Waals surface area contributed by atoms with Gasteiger partial charge in [-0.05, 0) is 98.0 Å². The minimum atomic E-state index is -0.877. The number of phenolic OH excluding ortho intramolecular Hbond substituents is 1. The molecule has 0 aliphatic carbocycles. The molecule has 0 saturated carbocycles. The standard InChI is InChI=1S/C48H67N7O5/c1-9-41-38(14-13-18-50-41)45-40(27-48(6,7)29-60-30-56)39-26-34(15-16-43(39)54(45)10-2)36-22-33(23-37(57)25-36)24-42(47(59)55-21-12-11-19-51-55)52-46(58)44(31(3)4)53(8)32(5)35-17-20-49-28-35/h13-16,22-23,25-26,30-31,35,42,44,49-51,57H,5,9-12,17-21,24,27-29H2,1-4,6-8H3,(H,52,58)/t35-,42?,44?/m0/s1. The fourth-order valence-corrected chi connectivity index (χ4v) is 9.35. The molecule has 2 unspecified atom stereocenters. The van der Waals surface area contributed by atoms with Gasteiger partial charge >= 0.3 is 0 Å². The van der Waals surface area contributed by atoms with Crippen molar-refractivity contribution in [3.63, 3.8) is 0 Å². The Balaban J connectivity index is 1.38. The van der Waals surface area contributed by atoms with Gasteiger partial charge in [-0.25, -0.2) is 5.43 Å². The predicted molar refractivity (Wildman–Crippen MR) is 240 cm³/mol. The average Bonchev–Trinajstić information content (AvgIpc) is 3.88. The van der Waals surface area contributed by atoms with Gasteiger partial charge in [0.2, 0.25) is 5.91 Å². The summed E-state index contributed by atoms with van der Waals surface area (Å²) < 4.78 is 7.69. The highest BCUT2D eigenvalue weighted by molar-refractivity contribution is 5.96. The van der Waals surface area contributed by atoms with Crippen molar-refractivity contribution < 1.29 is 24.2 Å². The van der Waals surface area contributed by atoms with E-state index in [1.165, 1.54) is 11.3 Å². The highest BCUT2D eigenvalue weighted by Gasteiger charge is 2.35. The van der Waals surface area contributed by atoms with Crippen molar-refractivity contribution in [2.24, 2.45) is 17.3 Å². The number of aromatic hydroxyl groups is 1. The van der Waals surface area contributed by atoms with Crippen LogP contribution in [0.25, 0.3) is 27.6 Å². The third-order valence-electron chi connectivity index (χ3n) is 12.4. The van der Waals surface area contributed by atoms with Crippen LogP contribution in [0.5, 0.6) is 5.75 Å². The Kier molecular flexibility index (Phi) is 14.5. The van der Waals surface area contributed by atoms with E-state index in [0.29, 0.717) is 26.0 Å². The van der Waals surface area contributed by atoms with Gasteiger partial charge in [0.25, 0.3) is 12.4 Å². The van der Waals surface area contributed by atoms with Gasteiger partial charge in [-0.2, -0.15) is 0 Å². The number of carbonyl (C=O) groups is 3. The van der Waals surface area contributed by atoms with Crippen LogP contribution in [-0.4, -0.2) is 96.3 Å². The summed E-state index contributed by atoms with van der Waals surface area (Å²) in [7, 11) is 1.93. The summed E-state index contributed by atoms with van der Waals surface area (Å²) in [5.74, 6) is -0.145. The lowest BCUT2D eigenvalue weighted by molar-refractivity contribution is -0.141. The zero-order valence-electron chi connectivity index (χ0n) is 36.8. The van der Waals surface area contributed by atoms with E-state index < -0.39 is 12.1 Å². The molecule has 6 rings (SSSR count). The van der Waals surface area contributed by atoms with Crippen molar-refractivity contribution in [2.45, 2.75) is 98.7 Å². The summed E-state index contributed by atoms with van der Waals surface area (Å²) in [6.45, 7) is 22.3. The molecule has 4 heterocycles. The Morgan fingerprint density at radius 1 is 1.12 bits per heavy atom. The van der Waals surface area contributed by atoms with Gasteiger partial charge in [0.15, 0.2) is 0 Å². The molecule has 3 aliphatic rings. The highest BCUT2D eigenvalue weighted by atomic mass is 16.5. The van der Waals surface area contributed by atoms with Crippen LogP contribution in [0.3, 0.4) is 0 Å². The number of likely N-dealkylation sites (N-methyl/N-ethyl adjacent to an activating group) is 1. The number of allylic oxidation sites excluding steroid dienone is 3. The van der Waals surface area contributed by atoms with E-state index in [9.17, 15) is 19.5 Å². The number of ether oxygens (including phenoxy) is 1. The SMILES string of the molecule is C=C([C@H]1CCNC1)N(C)C(C(=O)NC(Cc1cc(O)cc(-c2ccc3c(c2)c(CC(C)(C)COC=O)c(C2=C(CC)NCC=C2)n3CC)c1)C(=O)N1CCCCN1)C(C)C. The average molecular weight is 822 g/mol. The van der Waals surface area contributed by atoms with Crippen molar-refractivity contribution >= 4 is 34.8 Å². The van der Waals surface area contributed by atoms with Crippen LogP contribution in [0.4, 0.5) is 0 Å². The summed E-state index contributed by atoms with van der Waals surface area (Å²) in [4.78, 5) is 41.9. The molecule has 2 saturated heterocycles. The van der Waals surface area contributed by atoms with E-state index in [0.717, 1.165) is 96.4 Å². The number of nitrogens with zero attached hydrogens (tertiary/aromatic N) is 3. The van der Waals surface area contributed by atoms with Gasteiger partial charge in [0.1, 0.15) is 17.8 Å². The third kappa shape index (κ3) is 9.92. The molecule has 324 valence electrons. The van der Waals surface area contributed by atoms with E-state index in [-0.39, 0.29) is 47.8 Å². The summed E-state index contributed by atoms with van der Waals surface area (Å²) in [6, 6.07) is 10.5. The molecule has 3 aromatic rings. The fraction of sp³-hybridized carbons (Fsp3) is 0.521. The van der Waals surface area contributed by atoms with Crippen LogP contribution in [0, 0.1) is 17.3 Å². The van der Waals surface area contributed by atoms with Gasteiger partial charge in [-0.1, -0.05) is 65.5 Å². The van der Waals surface area contributed by atoms with Gasteiger partial charge < -0.3 is 35.3 Å². The molecule has 5 N–H and O–H groups in total. The van der Waals surface area contributed by atoms with Crippen LogP contribution in [0.2, 0.25) is 0 Å². The van der Waals surface area contributed by atoms with Crippen molar-refractivity contribution in [3.8, 4) is 16.9 Å². The Morgan fingerprint density at radius 2 is 1.92 bits per heavy atom. The van der Waals surface area contributed by atoms with E-state index in [4.69, 9.17) is 4.74 Å². The van der Waals surface area contributed by atoms with Crippen LogP contribution in [-0.2, 0) is 38.5 Å². The Morgan fingerprint density at radius 3 is 2.58 bits per heavy atom. The molecule has 60 heavy (non-hydrogen) atoms. The second-order valence-electron chi connectivity index (χ2n) is 17.8. The largest absolute Gasteiger partial charge is 0.508 e. The van der Waals surface area contributed by atoms with E-state index >= 15 is 0 Å². The van der Waals surface area contributed by atoms with Gasteiger partial charge in [-0.15, -0.1) is 0 Å². The Labute approximate surface area is 356 Å². The molecule has 0 radical (unpaired) electrons. The zero-order valence-corrected chi connectivity index (χ0v) is 36.8. The number of rotatable bonds is 18. The number of nitrogens with one attached hydrogen (secondary N) is 4. The maximum Gasteiger partial charge on any atom is 0.293 e. The summed E-state index contributed by atoms with van der Waals surface area (Å²) in [6.07, 6.45) is 8.90. The summed E-state index contributed by atoms with van der Waals surface area (Å²) >= 11 is 0. The molecule has 2 amide bonds. The van der Waals surface area contributed by atoms with E-state index in [1.54, 1.807) is 17.1 Å². The molecule has 0 spiro atoms. The molecule has 2 aromatic carbocycles. The minimum Gasteiger partial charge on any atom is -0.508 e. The Hall–Kier alpha value is -5.07. The maximum absolute atomic E-state index is 14.3. The lowest BCUT2D eigenvalue weighted by atomic mass is 9.84. The van der Waals surface area contributed by atoms with Crippen LogP contribution >= 0.6 is 0 Å². The first kappa shape index (κ1) is 44.5. The molecule has 2 fully saturated rings. The number of hydrogen-bond donors (Lipinski definition) is 5. The molecule has 0 bridgehead atoms. The molecule has 12 heteroatoms. The second kappa shape index (κ2) is 19.5. The number of amides is 2. The summed E-state index contributed by atoms with van der Waals surface area (Å²) in [5, 5.41) is 24.2. The lowest BCUT2D eigenvalue weighted by Crippen LogP contribution is -2.59. The van der Waals surface area contributed by atoms with Gasteiger partial charge in [0.05, 0.1) is 12.3 Å². The van der Waals surface area contributed by atoms with E-state index in [2.05, 4.69) is 90.6 Å². The molecular formula is C48H67N7O5. The lowest BCUT2D eigenvalue weighted by Gasteiger charge is -2.37. The Bertz CT molecular complexity index is 2100. The molecular weight excluding hydrogens is 755 g/mol. The van der Waals surface area contributed by atoms with Crippen molar-refractivity contribution in [3.05, 3.63) is 83.3 Å². The number of aromatic nitrogens is 1. The molecule has 1 aromatic heterocycles. The summed E-state index contributed by atoms with van der Waals surface area (Å²) in [5.41, 5.74) is 12.0. The predicted octanol–water partition coefficient (Wildman–Crippen LogP) is 6.29. The number of phenols is 1. The second-order valence-corrected chi connectivity index (χ2v) is 17.8. The number of carbonyl (C=O) groups excluding carboxylic acids is 3. The van der Waals surface area contributed by atoms with Gasteiger partial charge in [-0.3, -0.25) is 19.4 Å². The number of fused-ring (bicyclic) bond motifs is 1. The number of hydrogen-bond acceptors (Lipinski definition) is 9. The topological polar surface area (TPSA) is 140 Å². The number of dihydropyridines is 1. The van der Waals surface area contributed by atoms with Crippen LogP contribution < -0.4 is 21.4 Å². The van der Waals surface area contributed by atoms with Crippen molar-refractivity contribution in [1.29, 1.82) is 0 Å². The maximum atomic E-state index is 14.3. The monoisotopic (exact) mass is 822 g/mol. The smallest absolute Gasteiger partial charge is 0.293 e. The van der Waals surface area contributed by atoms with Crippen molar-refractivity contribution in [2.75, 3.05) is 46.4 Å². The highest BCUT2D eigenvalue weighted by Crippen LogP contribution is 2.40. The van der Waals surface area contributed by atoms with Crippen LogP contribution in [0.15, 0.2) is 66.5 Å². The molecule has 3 aliphatic heterocycles. The number of hydrazine groups is 1. The van der Waals surface area contributed by atoms with E-state index in [1.807, 2.05) is 31.9 Å². The zero-order chi connectivity index (χ0) is 43.1. The van der Waals surface area contributed by atoms with Gasteiger partial charge in [0, 0.05) is 85.4 Å². The van der Waals surface area contributed by atoms with Crippen molar-refractivity contribution in [1.82, 2.24) is 35.9 Å². The first-order valence-corrected chi connectivity index (χ1v) is 21.9. The molecule has 12 nitrogen and oxygen atoms in total.